The second-order valence-electron chi connectivity index (χ2n) is 4.26. The predicted octanol–water partition coefficient (Wildman–Crippen LogP) is 2.82. The average molecular weight is 291 g/mol. The smallest absolute Gasteiger partial charge is 0.340 e. The Bertz CT molecular complexity index is 610. The van der Waals surface area contributed by atoms with Gasteiger partial charge in [0, 0.05) is 4.88 Å². The van der Waals surface area contributed by atoms with Crippen molar-refractivity contribution >= 4 is 28.8 Å². The van der Waals surface area contributed by atoms with Gasteiger partial charge in [-0.2, -0.15) is 0 Å². The summed E-state index contributed by atoms with van der Waals surface area (Å²) in [6, 6.07) is 3.69. The molecule has 0 amide bonds. The number of pyridine rings is 1. The zero-order valence-electron chi connectivity index (χ0n) is 11.5. The van der Waals surface area contributed by atoms with Gasteiger partial charge < -0.3 is 15.8 Å². The van der Waals surface area contributed by atoms with Gasteiger partial charge in [-0.05, 0) is 36.9 Å². The van der Waals surface area contributed by atoms with E-state index in [9.17, 15) is 4.79 Å². The topological polar surface area (TPSA) is 77.2 Å². The summed E-state index contributed by atoms with van der Waals surface area (Å²) in [6.45, 7) is 4.81. The number of hydrogen-bond donors (Lipinski definition) is 2. The second kappa shape index (κ2) is 6.38. The Morgan fingerprint density at radius 1 is 1.55 bits per heavy atom. The number of aryl methyl sites for hydroxylation is 1. The molecule has 6 heteroatoms. The number of nitrogens with two attached hydrogens (primary N) is 1. The van der Waals surface area contributed by atoms with Crippen molar-refractivity contribution in [2.24, 2.45) is 0 Å². The van der Waals surface area contributed by atoms with Crippen LogP contribution in [0, 0.1) is 6.92 Å². The van der Waals surface area contributed by atoms with Gasteiger partial charge in [0.15, 0.2) is 0 Å². The molecule has 0 unspecified atom stereocenters. The van der Waals surface area contributed by atoms with E-state index in [2.05, 4.69) is 23.3 Å². The van der Waals surface area contributed by atoms with E-state index in [0.717, 1.165) is 0 Å². The van der Waals surface area contributed by atoms with Crippen LogP contribution in [0.3, 0.4) is 0 Å². The SMILES string of the molecule is CCOC(=O)c1cc(NCc2sccc2C)ncc1N. The molecule has 0 aliphatic carbocycles. The van der Waals surface area contributed by atoms with Crippen LogP contribution >= 0.6 is 11.3 Å². The number of thiophene rings is 1. The molecule has 0 saturated carbocycles. The van der Waals surface area contributed by atoms with E-state index in [1.54, 1.807) is 24.3 Å². The summed E-state index contributed by atoms with van der Waals surface area (Å²) in [7, 11) is 0. The Kier molecular flexibility index (Phi) is 4.57. The minimum Gasteiger partial charge on any atom is -0.462 e. The van der Waals surface area contributed by atoms with E-state index in [-0.39, 0.29) is 0 Å². The predicted molar refractivity (Wildman–Crippen MR) is 81.0 cm³/mol. The van der Waals surface area contributed by atoms with Crippen molar-refractivity contribution in [1.29, 1.82) is 0 Å². The number of anilines is 2. The molecule has 2 rings (SSSR count). The van der Waals surface area contributed by atoms with Crippen LogP contribution in [0.1, 0.15) is 27.7 Å². The number of carbonyl (C=O) groups excluding carboxylic acids is 1. The number of nitrogen functional groups attached to an aromatic ring is 1. The highest BCUT2D eigenvalue weighted by Gasteiger charge is 2.12. The van der Waals surface area contributed by atoms with Crippen molar-refractivity contribution in [3.05, 3.63) is 39.7 Å². The lowest BCUT2D eigenvalue weighted by Gasteiger charge is -2.09. The maximum Gasteiger partial charge on any atom is 0.340 e. The summed E-state index contributed by atoms with van der Waals surface area (Å²) >= 11 is 1.68. The highest BCUT2D eigenvalue weighted by Crippen LogP contribution is 2.19. The zero-order chi connectivity index (χ0) is 14.5. The lowest BCUT2D eigenvalue weighted by molar-refractivity contribution is 0.0527. The Labute approximate surface area is 121 Å². The quantitative estimate of drug-likeness (QED) is 0.828. The van der Waals surface area contributed by atoms with Crippen molar-refractivity contribution in [2.45, 2.75) is 20.4 Å². The highest BCUT2D eigenvalue weighted by atomic mass is 32.1. The van der Waals surface area contributed by atoms with Gasteiger partial charge in [0.05, 0.1) is 30.6 Å². The van der Waals surface area contributed by atoms with Crippen LogP contribution in [0.15, 0.2) is 23.7 Å². The monoisotopic (exact) mass is 291 g/mol. The third-order valence-corrected chi connectivity index (χ3v) is 3.85. The summed E-state index contributed by atoms with van der Waals surface area (Å²) in [5, 5.41) is 5.24. The number of aromatic nitrogens is 1. The summed E-state index contributed by atoms with van der Waals surface area (Å²) in [4.78, 5) is 17.2. The van der Waals surface area contributed by atoms with Crippen molar-refractivity contribution in [3.63, 3.8) is 0 Å². The summed E-state index contributed by atoms with van der Waals surface area (Å²) < 4.78 is 4.96. The lowest BCUT2D eigenvalue weighted by Crippen LogP contribution is -2.10. The molecule has 3 N–H and O–H groups in total. The molecule has 0 spiro atoms. The maximum atomic E-state index is 11.7. The molecule has 5 nitrogen and oxygen atoms in total. The van der Waals surface area contributed by atoms with Crippen LogP contribution in [-0.2, 0) is 11.3 Å². The second-order valence-corrected chi connectivity index (χ2v) is 5.26. The first-order chi connectivity index (χ1) is 9.61. The molecule has 0 aliphatic heterocycles. The fourth-order valence-electron chi connectivity index (χ4n) is 1.70. The first-order valence-electron chi connectivity index (χ1n) is 6.31. The van der Waals surface area contributed by atoms with E-state index in [1.807, 2.05) is 5.38 Å². The Morgan fingerprint density at radius 3 is 3.00 bits per heavy atom. The summed E-state index contributed by atoms with van der Waals surface area (Å²) in [5.41, 5.74) is 7.65. The highest BCUT2D eigenvalue weighted by molar-refractivity contribution is 7.10. The van der Waals surface area contributed by atoms with E-state index in [0.29, 0.717) is 30.2 Å². The van der Waals surface area contributed by atoms with E-state index >= 15 is 0 Å². The maximum absolute atomic E-state index is 11.7. The molecule has 0 aromatic carbocycles. The summed E-state index contributed by atoms with van der Waals surface area (Å²) in [6.07, 6.45) is 1.47. The fraction of sp³-hybridized carbons (Fsp3) is 0.286. The van der Waals surface area contributed by atoms with Crippen molar-refractivity contribution in [2.75, 3.05) is 17.7 Å². The van der Waals surface area contributed by atoms with Crippen molar-refractivity contribution in [3.8, 4) is 0 Å². The molecule has 106 valence electrons. The molecule has 20 heavy (non-hydrogen) atoms. The van der Waals surface area contributed by atoms with Gasteiger partial charge in [0.2, 0.25) is 0 Å². The number of carbonyl (C=O) groups is 1. The standard InChI is InChI=1S/C14H17N3O2S/c1-3-19-14(18)10-6-13(16-7-11(10)15)17-8-12-9(2)4-5-20-12/h4-7H,3,8,15H2,1-2H3,(H,16,17). The molecule has 0 atom stereocenters. The van der Waals surface area contributed by atoms with Crippen LogP contribution in [-0.4, -0.2) is 17.6 Å². The van der Waals surface area contributed by atoms with Crippen LogP contribution < -0.4 is 11.1 Å². The number of nitrogens with zero attached hydrogens (tertiary/aromatic N) is 1. The molecule has 0 fully saturated rings. The van der Waals surface area contributed by atoms with E-state index < -0.39 is 5.97 Å². The minimum atomic E-state index is -0.428. The number of esters is 1. The van der Waals surface area contributed by atoms with Gasteiger partial charge in [-0.15, -0.1) is 11.3 Å². The first-order valence-corrected chi connectivity index (χ1v) is 7.19. The lowest BCUT2D eigenvalue weighted by atomic mass is 10.2. The van der Waals surface area contributed by atoms with Crippen LogP contribution in [0.2, 0.25) is 0 Å². The third kappa shape index (κ3) is 3.27. The molecule has 0 saturated heterocycles. The summed E-state index contributed by atoms with van der Waals surface area (Å²) in [5.74, 6) is 0.179. The van der Waals surface area contributed by atoms with Crippen molar-refractivity contribution < 1.29 is 9.53 Å². The molecule has 2 heterocycles. The number of ether oxygens (including phenoxy) is 1. The van der Waals surface area contributed by atoms with E-state index in [4.69, 9.17) is 10.5 Å². The molecule has 2 aromatic heterocycles. The zero-order valence-corrected chi connectivity index (χ0v) is 12.3. The Hall–Kier alpha value is -2.08. The average Bonchev–Trinajstić information content (AvgIpc) is 2.83. The normalized spacial score (nSPS) is 10.3. The van der Waals surface area contributed by atoms with E-state index in [1.165, 1.54) is 16.6 Å². The Morgan fingerprint density at radius 2 is 2.35 bits per heavy atom. The van der Waals surface area contributed by atoms with Gasteiger partial charge in [0.1, 0.15) is 5.82 Å². The van der Waals surface area contributed by atoms with Gasteiger partial charge in [-0.1, -0.05) is 0 Å². The molecule has 2 aromatic rings. The number of nitrogens with one attached hydrogen (secondary N) is 1. The van der Waals surface area contributed by atoms with Gasteiger partial charge in [-0.25, -0.2) is 9.78 Å². The molecular weight excluding hydrogens is 274 g/mol. The number of hydrogen-bond acceptors (Lipinski definition) is 6. The van der Waals surface area contributed by atoms with Crippen LogP contribution in [0.5, 0.6) is 0 Å². The molecule has 0 radical (unpaired) electrons. The van der Waals surface area contributed by atoms with Gasteiger partial charge in [0.25, 0.3) is 0 Å². The number of rotatable bonds is 5. The molecule has 0 bridgehead atoms. The van der Waals surface area contributed by atoms with Gasteiger partial charge in [-0.3, -0.25) is 0 Å². The third-order valence-electron chi connectivity index (χ3n) is 2.83. The first kappa shape index (κ1) is 14.3. The fourth-order valence-corrected chi connectivity index (χ4v) is 2.55. The minimum absolute atomic E-state index is 0.317. The van der Waals surface area contributed by atoms with Crippen LogP contribution in [0.4, 0.5) is 11.5 Å². The molecule has 0 aliphatic rings. The van der Waals surface area contributed by atoms with Crippen LogP contribution in [0.25, 0.3) is 0 Å². The largest absolute Gasteiger partial charge is 0.462 e. The Balaban J connectivity index is 2.11. The van der Waals surface area contributed by atoms with Crippen molar-refractivity contribution in [1.82, 2.24) is 4.98 Å². The van der Waals surface area contributed by atoms with Gasteiger partial charge >= 0.3 is 5.97 Å². The molecular formula is C14H17N3O2S.